The number of alkyl halides is 3. The van der Waals surface area contributed by atoms with E-state index in [1.807, 2.05) is 0 Å². The molecule has 0 aliphatic rings. The molecule has 0 saturated carbocycles. The highest BCUT2D eigenvalue weighted by atomic mass is 19.4. The summed E-state index contributed by atoms with van der Waals surface area (Å²) in [6, 6.07) is 0. The summed E-state index contributed by atoms with van der Waals surface area (Å²) in [6.07, 6.45) is -4.54. The molecule has 0 rings (SSSR count). The average molecular weight is 137 g/mol. The van der Waals surface area contributed by atoms with E-state index in [9.17, 15) is 13.2 Å². The number of allylic oxidation sites excluding steroid dienone is 1. The molecule has 1 nitrogen and oxygen atoms in total. The van der Waals surface area contributed by atoms with Crippen LogP contribution in [0.3, 0.4) is 0 Å². The lowest BCUT2D eigenvalue weighted by atomic mass is 10.2. The molecule has 0 amide bonds. The molecule has 0 fully saturated rings. The average Bonchev–Trinajstić information content (AvgIpc) is 1.62. The van der Waals surface area contributed by atoms with Gasteiger partial charge < -0.3 is 0 Å². The minimum Gasteiger partial charge on any atom is -0.296 e. The maximum Gasteiger partial charge on any atom is 0.432 e. The van der Waals surface area contributed by atoms with Crippen LogP contribution in [-0.2, 0) is 0 Å². The number of nitrogens with one attached hydrogen (secondary N) is 1. The Labute approximate surface area is 50.7 Å². The van der Waals surface area contributed by atoms with E-state index < -0.39 is 11.9 Å². The molecule has 52 valence electrons. The van der Waals surface area contributed by atoms with Crippen molar-refractivity contribution in [3.05, 3.63) is 12.2 Å². The van der Waals surface area contributed by atoms with Gasteiger partial charge in [0.2, 0.25) is 0 Å². The lowest BCUT2D eigenvalue weighted by molar-refractivity contribution is -0.0589. The zero-order valence-corrected chi connectivity index (χ0v) is 4.84. The first-order chi connectivity index (χ1) is 3.85. The van der Waals surface area contributed by atoms with Crippen molar-refractivity contribution in [3.63, 3.8) is 0 Å². The first-order valence-electron chi connectivity index (χ1n) is 2.17. The fourth-order valence-electron chi connectivity index (χ4n) is 0.242. The van der Waals surface area contributed by atoms with Crippen molar-refractivity contribution >= 4 is 5.71 Å². The maximum absolute atomic E-state index is 11.4. The lowest BCUT2D eigenvalue weighted by Gasteiger charge is -2.05. The van der Waals surface area contributed by atoms with Gasteiger partial charge >= 0.3 is 6.18 Å². The van der Waals surface area contributed by atoms with Crippen molar-refractivity contribution in [1.82, 2.24) is 0 Å². The van der Waals surface area contributed by atoms with Gasteiger partial charge in [-0.05, 0) is 12.5 Å². The Morgan fingerprint density at radius 2 is 1.78 bits per heavy atom. The van der Waals surface area contributed by atoms with Gasteiger partial charge in [0, 0.05) is 0 Å². The molecule has 4 heteroatoms. The van der Waals surface area contributed by atoms with Gasteiger partial charge in [-0.2, -0.15) is 13.2 Å². The van der Waals surface area contributed by atoms with Crippen LogP contribution in [0.2, 0.25) is 0 Å². The molecule has 9 heavy (non-hydrogen) atoms. The second kappa shape index (κ2) is 2.21. The van der Waals surface area contributed by atoms with Gasteiger partial charge in [0.25, 0.3) is 0 Å². The quantitative estimate of drug-likeness (QED) is 0.535. The molecule has 0 aromatic carbocycles. The normalized spacial score (nSPS) is 11.1. The minimum atomic E-state index is -4.54. The maximum atomic E-state index is 11.4. The summed E-state index contributed by atoms with van der Waals surface area (Å²) in [4.78, 5) is 0. The first kappa shape index (κ1) is 8.20. The molecule has 0 aliphatic carbocycles. The largest absolute Gasteiger partial charge is 0.432 e. The van der Waals surface area contributed by atoms with Crippen molar-refractivity contribution in [2.75, 3.05) is 0 Å². The molecule has 0 spiro atoms. The Balaban J connectivity index is 4.23. The van der Waals surface area contributed by atoms with Crippen molar-refractivity contribution < 1.29 is 13.2 Å². The third-order valence-electron chi connectivity index (χ3n) is 0.710. The van der Waals surface area contributed by atoms with E-state index in [-0.39, 0.29) is 5.57 Å². The van der Waals surface area contributed by atoms with Gasteiger partial charge in [0.1, 0.15) is 5.71 Å². The van der Waals surface area contributed by atoms with Crippen LogP contribution in [0.4, 0.5) is 13.2 Å². The van der Waals surface area contributed by atoms with E-state index >= 15 is 0 Å². The molecule has 0 bridgehead atoms. The molecular weight excluding hydrogens is 131 g/mol. The highest BCUT2D eigenvalue weighted by Gasteiger charge is 2.34. The van der Waals surface area contributed by atoms with Crippen LogP contribution < -0.4 is 0 Å². The molecule has 0 saturated heterocycles. The van der Waals surface area contributed by atoms with Crippen LogP contribution in [0, 0.1) is 5.41 Å². The van der Waals surface area contributed by atoms with Crippen LogP contribution in [0.5, 0.6) is 0 Å². The third kappa shape index (κ3) is 2.30. The summed E-state index contributed by atoms with van der Waals surface area (Å²) in [5.74, 6) is 0. The van der Waals surface area contributed by atoms with E-state index in [4.69, 9.17) is 5.41 Å². The minimum absolute atomic E-state index is 0.262. The van der Waals surface area contributed by atoms with Crippen molar-refractivity contribution in [3.8, 4) is 0 Å². The van der Waals surface area contributed by atoms with Crippen LogP contribution in [0.25, 0.3) is 0 Å². The number of halogens is 3. The Kier molecular flexibility index (Phi) is 2.01. The third-order valence-corrected chi connectivity index (χ3v) is 0.710. The van der Waals surface area contributed by atoms with Gasteiger partial charge in [-0.25, -0.2) is 0 Å². The molecule has 0 aromatic heterocycles. The summed E-state index contributed by atoms with van der Waals surface area (Å²) < 4.78 is 34.2. The number of hydrogen-bond donors (Lipinski definition) is 1. The van der Waals surface area contributed by atoms with Gasteiger partial charge in [0.15, 0.2) is 0 Å². The summed E-state index contributed by atoms with van der Waals surface area (Å²) in [5, 5.41) is 6.37. The van der Waals surface area contributed by atoms with Crippen molar-refractivity contribution in [1.29, 1.82) is 5.41 Å². The molecule has 1 N–H and O–H groups in total. The smallest absolute Gasteiger partial charge is 0.296 e. The lowest BCUT2D eigenvalue weighted by Crippen LogP contribution is -2.21. The molecule has 0 radical (unpaired) electrons. The predicted molar refractivity (Wildman–Crippen MR) is 28.6 cm³/mol. The number of hydrogen-bond acceptors (Lipinski definition) is 1. The van der Waals surface area contributed by atoms with E-state index in [0.29, 0.717) is 0 Å². The standard InChI is InChI=1S/C5H6F3N/c1-3(2)4(9)5(6,7)8/h9H,1H2,2H3. The summed E-state index contributed by atoms with van der Waals surface area (Å²) in [7, 11) is 0. The van der Waals surface area contributed by atoms with E-state index in [2.05, 4.69) is 6.58 Å². The Hall–Kier alpha value is -0.800. The molecular formula is C5H6F3N. The highest BCUT2D eigenvalue weighted by molar-refractivity contribution is 6.00. The van der Waals surface area contributed by atoms with Crippen LogP contribution in [0.1, 0.15) is 6.92 Å². The molecule has 0 atom stereocenters. The second-order valence-corrected chi connectivity index (χ2v) is 1.65. The highest BCUT2D eigenvalue weighted by Crippen LogP contribution is 2.19. The Morgan fingerprint density at radius 3 is 1.78 bits per heavy atom. The van der Waals surface area contributed by atoms with Gasteiger partial charge in [-0.3, -0.25) is 5.41 Å². The van der Waals surface area contributed by atoms with E-state index in [1.165, 1.54) is 0 Å². The Bertz CT molecular complexity index is 145. The molecule has 0 aliphatic heterocycles. The van der Waals surface area contributed by atoms with E-state index in [0.717, 1.165) is 6.92 Å². The van der Waals surface area contributed by atoms with Crippen LogP contribution in [-0.4, -0.2) is 11.9 Å². The molecule has 0 unspecified atom stereocenters. The predicted octanol–water partition coefficient (Wildman–Crippen LogP) is 2.14. The van der Waals surface area contributed by atoms with Crippen molar-refractivity contribution in [2.45, 2.75) is 13.1 Å². The summed E-state index contributed by atoms with van der Waals surface area (Å²) in [5.41, 5.74) is -1.62. The van der Waals surface area contributed by atoms with Gasteiger partial charge in [0.05, 0.1) is 0 Å². The molecule has 0 heterocycles. The first-order valence-corrected chi connectivity index (χ1v) is 2.17. The van der Waals surface area contributed by atoms with Gasteiger partial charge in [-0.15, -0.1) is 0 Å². The topological polar surface area (TPSA) is 23.9 Å². The fourth-order valence-corrected chi connectivity index (χ4v) is 0.242. The van der Waals surface area contributed by atoms with Crippen molar-refractivity contribution in [2.24, 2.45) is 0 Å². The van der Waals surface area contributed by atoms with Crippen LogP contribution >= 0.6 is 0 Å². The second-order valence-electron chi connectivity index (χ2n) is 1.65. The van der Waals surface area contributed by atoms with Crippen LogP contribution in [0.15, 0.2) is 12.2 Å². The zero-order valence-electron chi connectivity index (χ0n) is 4.84. The molecule has 0 aromatic rings. The monoisotopic (exact) mass is 137 g/mol. The van der Waals surface area contributed by atoms with E-state index in [1.54, 1.807) is 0 Å². The summed E-state index contributed by atoms with van der Waals surface area (Å²) in [6.45, 7) is 4.13. The van der Waals surface area contributed by atoms with Gasteiger partial charge in [-0.1, -0.05) is 6.58 Å². The SMILES string of the molecule is C=C(C)C(=N)C(F)(F)F. The zero-order chi connectivity index (χ0) is 7.65. The Morgan fingerprint density at radius 1 is 1.44 bits per heavy atom. The fraction of sp³-hybridized carbons (Fsp3) is 0.400. The summed E-state index contributed by atoms with van der Waals surface area (Å²) >= 11 is 0. The number of rotatable bonds is 1.